The molecule has 0 amide bonds. The van der Waals surface area contributed by atoms with E-state index in [0.717, 1.165) is 0 Å². The Morgan fingerprint density at radius 1 is 1.18 bits per heavy atom. The van der Waals surface area contributed by atoms with E-state index in [9.17, 15) is 35.1 Å². The number of rotatable bonds is 6. The summed E-state index contributed by atoms with van der Waals surface area (Å²) in [5, 5.41) is 52.1. The van der Waals surface area contributed by atoms with Gasteiger partial charge in [-0.25, -0.2) is 4.79 Å². The third-order valence-corrected chi connectivity index (χ3v) is 8.01. The van der Waals surface area contributed by atoms with Crippen molar-refractivity contribution < 1.29 is 54.1 Å². The van der Waals surface area contributed by atoms with Crippen LogP contribution in [0.25, 0.3) is 0 Å². The zero-order chi connectivity index (χ0) is 24.5. The van der Waals surface area contributed by atoms with Crippen molar-refractivity contribution in [2.24, 2.45) is 11.3 Å². The van der Waals surface area contributed by atoms with Gasteiger partial charge in [-0.15, -0.1) is 0 Å². The van der Waals surface area contributed by atoms with Crippen LogP contribution in [0.2, 0.25) is 0 Å². The highest BCUT2D eigenvalue weighted by Crippen LogP contribution is 2.72. The van der Waals surface area contributed by atoms with Crippen molar-refractivity contribution in [3.8, 4) is 0 Å². The number of ether oxygens (including phenoxy) is 4. The summed E-state index contributed by atoms with van der Waals surface area (Å²) in [6, 6.07) is 8.29. The van der Waals surface area contributed by atoms with E-state index in [4.69, 9.17) is 18.9 Å². The molecule has 2 saturated heterocycles. The van der Waals surface area contributed by atoms with Crippen LogP contribution in [0.4, 0.5) is 0 Å². The van der Waals surface area contributed by atoms with E-state index in [-0.39, 0.29) is 25.2 Å². The maximum absolute atomic E-state index is 12.6. The van der Waals surface area contributed by atoms with Gasteiger partial charge >= 0.3 is 5.97 Å². The minimum atomic E-state index is -1.82. The molecular weight excluding hydrogens is 452 g/mol. The van der Waals surface area contributed by atoms with Crippen molar-refractivity contribution in [1.82, 2.24) is 0 Å². The molecule has 1 aromatic carbocycles. The SMILES string of the molecule is CC1(OC2C(O)OC(CO)C(O)C2O)OC2CC(=O)C3CC1(O)C23COC(=O)c1ccccc1. The molecule has 5 N–H and O–H groups in total. The maximum atomic E-state index is 12.6. The van der Waals surface area contributed by atoms with E-state index in [2.05, 4.69) is 0 Å². The average Bonchev–Trinajstić information content (AvgIpc) is 3.10. The molecular formula is C23H28O11. The predicted octanol–water partition coefficient (Wildman–Crippen LogP) is -1.51. The van der Waals surface area contributed by atoms with Gasteiger partial charge in [0.25, 0.3) is 0 Å². The van der Waals surface area contributed by atoms with Crippen LogP contribution in [0.5, 0.6) is 0 Å². The van der Waals surface area contributed by atoms with E-state index >= 15 is 0 Å². The number of aliphatic hydroxyl groups is 5. The topological polar surface area (TPSA) is 172 Å². The lowest BCUT2D eigenvalue weighted by Gasteiger charge is -2.58. The normalized spacial score (nSPS) is 47.2. The van der Waals surface area contributed by atoms with Crippen LogP contribution in [-0.2, 0) is 23.7 Å². The molecule has 186 valence electrons. The minimum Gasteiger partial charge on any atom is -0.461 e. The van der Waals surface area contributed by atoms with Crippen molar-refractivity contribution in [2.75, 3.05) is 13.2 Å². The molecule has 2 heterocycles. The fourth-order valence-electron chi connectivity index (χ4n) is 6.09. The quantitative estimate of drug-likeness (QED) is 0.300. The van der Waals surface area contributed by atoms with E-state index in [1.807, 2.05) is 0 Å². The Bertz CT molecular complexity index is 971. The second kappa shape index (κ2) is 8.04. The van der Waals surface area contributed by atoms with Gasteiger partial charge in [0.1, 0.15) is 42.4 Å². The summed E-state index contributed by atoms with van der Waals surface area (Å²) < 4.78 is 22.6. The van der Waals surface area contributed by atoms with Crippen LogP contribution in [0, 0.1) is 11.3 Å². The molecule has 10 unspecified atom stereocenters. The van der Waals surface area contributed by atoms with Gasteiger partial charge in [0.2, 0.25) is 0 Å². The molecule has 0 radical (unpaired) electrons. The predicted molar refractivity (Wildman–Crippen MR) is 110 cm³/mol. The van der Waals surface area contributed by atoms with Gasteiger partial charge in [-0.1, -0.05) is 18.2 Å². The number of Topliss-reactive ketones (excluding diaryl/α,β-unsaturated/α-hetero) is 1. The highest BCUT2D eigenvalue weighted by Gasteiger charge is 2.86. The van der Waals surface area contributed by atoms with Crippen LogP contribution >= 0.6 is 0 Å². The molecule has 2 saturated carbocycles. The lowest BCUT2D eigenvalue weighted by atomic mass is 9.49. The van der Waals surface area contributed by atoms with Gasteiger partial charge in [-0.3, -0.25) is 4.79 Å². The molecule has 5 rings (SSSR count). The third-order valence-electron chi connectivity index (χ3n) is 8.01. The number of aliphatic hydroxyl groups excluding tert-OH is 4. The Hall–Kier alpha value is -1.96. The number of benzene rings is 1. The molecule has 1 aromatic rings. The minimum absolute atomic E-state index is 0.0176. The Balaban J connectivity index is 1.39. The Kier molecular flexibility index (Phi) is 5.62. The van der Waals surface area contributed by atoms with Crippen molar-refractivity contribution >= 4 is 11.8 Å². The summed E-state index contributed by atoms with van der Waals surface area (Å²) in [6.45, 7) is 0.483. The highest BCUT2D eigenvalue weighted by molar-refractivity contribution is 5.90. The molecule has 0 spiro atoms. The van der Waals surface area contributed by atoms with Crippen molar-refractivity contribution in [1.29, 1.82) is 0 Å². The molecule has 2 aliphatic heterocycles. The molecule has 11 nitrogen and oxygen atoms in total. The zero-order valence-electron chi connectivity index (χ0n) is 18.4. The maximum Gasteiger partial charge on any atom is 0.338 e. The first-order chi connectivity index (χ1) is 16.1. The fourth-order valence-corrected chi connectivity index (χ4v) is 6.09. The Labute approximate surface area is 194 Å². The summed E-state index contributed by atoms with van der Waals surface area (Å²) >= 11 is 0. The van der Waals surface area contributed by atoms with Gasteiger partial charge in [0.05, 0.1) is 23.7 Å². The molecule has 10 atom stereocenters. The number of esters is 1. The first-order valence-corrected chi connectivity index (χ1v) is 11.2. The molecule has 34 heavy (non-hydrogen) atoms. The molecule has 0 aromatic heterocycles. The first kappa shape index (κ1) is 23.8. The number of hydrogen-bond donors (Lipinski definition) is 5. The van der Waals surface area contributed by atoms with Crippen LogP contribution in [0.1, 0.15) is 30.1 Å². The van der Waals surface area contributed by atoms with E-state index < -0.39 is 72.1 Å². The number of carbonyl (C=O) groups excluding carboxylic acids is 2. The molecule has 0 bridgehead atoms. The van der Waals surface area contributed by atoms with Gasteiger partial charge in [-0.05, 0) is 25.5 Å². The second-order valence-electron chi connectivity index (χ2n) is 9.63. The van der Waals surface area contributed by atoms with Crippen LogP contribution in [-0.4, -0.2) is 98.7 Å². The molecule has 11 heteroatoms. The number of ketones is 1. The number of carbonyl (C=O) groups is 2. The van der Waals surface area contributed by atoms with Gasteiger partial charge in [0.15, 0.2) is 12.1 Å². The fraction of sp³-hybridized carbons (Fsp3) is 0.652. The number of hydrogen-bond acceptors (Lipinski definition) is 11. The van der Waals surface area contributed by atoms with Gasteiger partial charge in [0, 0.05) is 12.3 Å². The second-order valence-corrected chi connectivity index (χ2v) is 9.63. The van der Waals surface area contributed by atoms with Crippen LogP contribution in [0.3, 0.4) is 0 Å². The lowest BCUT2D eigenvalue weighted by Crippen LogP contribution is -2.73. The standard InChI is InChI=1S/C23H28O11/c1-21(34-18-17(27)16(26)14(9-24)32-20(18)29)23(30)8-12-13(25)7-15(33-21)22(12,23)10-31-19(28)11-5-3-2-4-6-11/h2-6,12,14-18,20,24,26-27,29-30H,7-10H2,1H3. The van der Waals surface area contributed by atoms with Gasteiger partial charge < -0.3 is 44.5 Å². The van der Waals surface area contributed by atoms with E-state index in [0.29, 0.717) is 5.56 Å². The smallest absolute Gasteiger partial charge is 0.338 e. The third kappa shape index (κ3) is 3.06. The summed E-state index contributed by atoms with van der Waals surface area (Å²) in [7, 11) is 0. The first-order valence-electron chi connectivity index (χ1n) is 11.2. The Morgan fingerprint density at radius 2 is 1.88 bits per heavy atom. The van der Waals surface area contributed by atoms with Crippen molar-refractivity contribution in [3.05, 3.63) is 35.9 Å². The molecule has 4 fully saturated rings. The summed E-state index contributed by atoms with van der Waals surface area (Å²) in [6.07, 6.45) is -8.57. The lowest BCUT2D eigenvalue weighted by molar-refractivity contribution is -0.380. The monoisotopic (exact) mass is 480 g/mol. The van der Waals surface area contributed by atoms with E-state index in [1.54, 1.807) is 30.3 Å². The van der Waals surface area contributed by atoms with Crippen LogP contribution in [0.15, 0.2) is 30.3 Å². The van der Waals surface area contributed by atoms with E-state index in [1.165, 1.54) is 6.92 Å². The van der Waals surface area contributed by atoms with Crippen molar-refractivity contribution in [2.45, 2.75) is 68.0 Å². The average molecular weight is 480 g/mol. The van der Waals surface area contributed by atoms with Crippen molar-refractivity contribution in [3.63, 3.8) is 0 Å². The van der Waals surface area contributed by atoms with Crippen LogP contribution < -0.4 is 0 Å². The summed E-state index contributed by atoms with van der Waals surface area (Å²) in [4.78, 5) is 25.1. The molecule has 4 aliphatic rings. The summed E-state index contributed by atoms with van der Waals surface area (Å²) in [5.41, 5.74) is -2.74. The largest absolute Gasteiger partial charge is 0.461 e. The van der Waals surface area contributed by atoms with Gasteiger partial charge in [-0.2, -0.15) is 0 Å². The molecule has 2 aliphatic carbocycles. The summed E-state index contributed by atoms with van der Waals surface area (Å²) in [5.74, 6) is -3.17. The zero-order valence-corrected chi connectivity index (χ0v) is 18.4. The highest BCUT2D eigenvalue weighted by atomic mass is 16.8. The Morgan fingerprint density at radius 3 is 2.56 bits per heavy atom.